The van der Waals surface area contributed by atoms with E-state index in [2.05, 4.69) is 11.9 Å². The molecule has 0 saturated heterocycles. The van der Waals surface area contributed by atoms with Crippen LogP contribution in [0.5, 0.6) is 0 Å². The number of rotatable bonds is 8. The predicted octanol–water partition coefficient (Wildman–Crippen LogP) is 1.05. The van der Waals surface area contributed by atoms with Gasteiger partial charge in [0.25, 0.3) is 6.43 Å². The van der Waals surface area contributed by atoms with Gasteiger partial charge < -0.3 is 20.3 Å². The van der Waals surface area contributed by atoms with E-state index in [0.29, 0.717) is 10.5 Å². The van der Waals surface area contributed by atoms with Gasteiger partial charge in [0, 0.05) is 5.60 Å². The fourth-order valence-corrected chi connectivity index (χ4v) is 2.23. The molecule has 140 valence electrons. The Kier molecular flexibility index (Phi) is 8.14. The molecule has 0 heterocycles. The molecular weight excluding hydrogens is 345 g/mol. The van der Waals surface area contributed by atoms with Crippen LogP contribution in [0.25, 0.3) is 6.08 Å². The van der Waals surface area contributed by atoms with E-state index in [1.165, 1.54) is 6.08 Å². The summed E-state index contributed by atoms with van der Waals surface area (Å²) in [6.45, 7) is 5.31. The van der Waals surface area contributed by atoms with Crippen molar-refractivity contribution < 1.29 is 28.4 Å². The van der Waals surface area contributed by atoms with Crippen molar-refractivity contribution in [2.45, 2.75) is 20.3 Å². The number of benzene rings is 1. The Hall–Kier alpha value is -2.52. The van der Waals surface area contributed by atoms with Crippen molar-refractivity contribution >= 4 is 25.0 Å². The minimum absolute atomic E-state index is 0.231. The number of carbonyl (C=O) groups is 2. The van der Waals surface area contributed by atoms with Gasteiger partial charge in [-0.25, -0.2) is 8.78 Å². The summed E-state index contributed by atoms with van der Waals surface area (Å²) >= 11 is 0. The van der Waals surface area contributed by atoms with E-state index >= 15 is 0 Å². The molecule has 0 aliphatic rings. The lowest BCUT2D eigenvalue weighted by atomic mass is 9.83. The Morgan fingerprint density at radius 2 is 2.00 bits per heavy atom. The number of nitrogens with one attached hydrogen (secondary N) is 1. The average molecular weight is 366 g/mol. The van der Waals surface area contributed by atoms with Crippen LogP contribution in [0.1, 0.15) is 16.7 Å². The van der Waals surface area contributed by atoms with E-state index in [-0.39, 0.29) is 5.60 Å². The number of amides is 2. The van der Waals surface area contributed by atoms with Gasteiger partial charge >= 0.3 is 7.12 Å². The molecule has 0 atom stereocenters. The molecule has 0 fully saturated rings. The fraction of sp³-hybridized carbons (Fsp3) is 0.294. The number of hydrogen-bond acceptors (Lipinski definition) is 4. The van der Waals surface area contributed by atoms with E-state index < -0.39 is 38.4 Å². The second-order valence-corrected chi connectivity index (χ2v) is 5.70. The van der Waals surface area contributed by atoms with Crippen LogP contribution in [0.2, 0.25) is 0 Å². The van der Waals surface area contributed by atoms with Gasteiger partial charge in [0.2, 0.25) is 11.8 Å². The zero-order valence-electron chi connectivity index (χ0n) is 14.6. The Labute approximate surface area is 151 Å². The van der Waals surface area contributed by atoms with E-state index in [4.69, 9.17) is 0 Å². The van der Waals surface area contributed by atoms with Gasteiger partial charge in [-0.3, -0.25) is 9.59 Å². The molecule has 0 aliphatic carbocycles. The van der Waals surface area contributed by atoms with Gasteiger partial charge in [-0.2, -0.15) is 0 Å². The number of alkyl halides is 2. The van der Waals surface area contributed by atoms with Crippen molar-refractivity contribution in [2.24, 2.45) is 0 Å². The molecule has 0 unspecified atom stereocenters. The molecule has 2 amide bonds. The number of hydrogen-bond donors (Lipinski definition) is 3. The molecule has 9 heteroatoms. The molecule has 3 N–H and O–H groups in total. The minimum atomic E-state index is -2.82. The lowest BCUT2D eigenvalue weighted by molar-refractivity contribution is -0.133. The van der Waals surface area contributed by atoms with Crippen molar-refractivity contribution in [3.05, 3.63) is 53.1 Å². The highest BCUT2D eigenvalue weighted by molar-refractivity contribution is 6.52. The van der Waals surface area contributed by atoms with E-state index in [9.17, 15) is 28.4 Å². The molecule has 1 rings (SSSR count). The van der Waals surface area contributed by atoms with Gasteiger partial charge in [-0.05, 0) is 37.1 Å². The molecule has 0 aromatic heterocycles. The molecular formula is C17H21BF2N2O4. The van der Waals surface area contributed by atoms with E-state index in [0.717, 1.165) is 17.2 Å². The maximum Gasteiger partial charge on any atom is 0.505 e. The first-order valence-corrected chi connectivity index (χ1v) is 7.78. The molecule has 1 aromatic carbocycles. The second kappa shape index (κ2) is 9.84. The van der Waals surface area contributed by atoms with Gasteiger partial charge in [0.1, 0.15) is 6.54 Å². The first kappa shape index (κ1) is 21.5. The Morgan fingerprint density at radius 3 is 2.50 bits per heavy atom. The number of aryl methyl sites for hydroxylation is 2. The largest absolute Gasteiger partial charge is 0.505 e. The molecule has 26 heavy (non-hydrogen) atoms. The first-order chi connectivity index (χ1) is 12.1. The summed E-state index contributed by atoms with van der Waals surface area (Å²) in [5, 5.41) is 21.2. The van der Waals surface area contributed by atoms with Gasteiger partial charge in [-0.15, -0.1) is 0 Å². The third kappa shape index (κ3) is 6.77. The Morgan fingerprint density at radius 1 is 1.35 bits per heavy atom. The van der Waals surface area contributed by atoms with Gasteiger partial charge in [0.05, 0.1) is 6.54 Å². The van der Waals surface area contributed by atoms with Crippen molar-refractivity contribution in [3.8, 4) is 0 Å². The molecule has 0 spiro atoms. The Bertz CT molecular complexity index is 708. The summed E-state index contributed by atoms with van der Waals surface area (Å²) in [5.74, 6) is -1.67. The van der Waals surface area contributed by atoms with Gasteiger partial charge in [-0.1, -0.05) is 30.3 Å². The van der Waals surface area contributed by atoms with E-state index in [1.807, 2.05) is 26.0 Å². The highest BCUT2D eigenvalue weighted by Crippen LogP contribution is 2.14. The summed E-state index contributed by atoms with van der Waals surface area (Å²) in [6, 6.07) is 5.43. The fourth-order valence-electron chi connectivity index (χ4n) is 2.23. The average Bonchev–Trinajstić information content (AvgIpc) is 2.54. The SMILES string of the molecule is C=CC(=O)N(CC(=O)N/C(=C/c1ccc(C)cc1C)B(O)O)CC(F)F. The van der Waals surface area contributed by atoms with E-state index in [1.54, 1.807) is 6.07 Å². The van der Waals surface area contributed by atoms with Crippen LogP contribution < -0.4 is 5.32 Å². The quantitative estimate of drug-likeness (QED) is 0.474. The molecule has 0 radical (unpaired) electrons. The summed E-state index contributed by atoms with van der Waals surface area (Å²) in [4.78, 5) is 24.2. The van der Waals surface area contributed by atoms with Gasteiger partial charge in [0.15, 0.2) is 0 Å². The topological polar surface area (TPSA) is 89.9 Å². The molecule has 6 nitrogen and oxygen atoms in total. The lowest BCUT2D eigenvalue weighted by Gasteiger charge is -2.20. The normalized spacial score (nSPS) is 11.3. The lowest BCUT2D eigenvalue weighted by Crippen LogP contribution is -2.43. The smallest absolute Gasteiger partial charge is 0.422 e. The number of halogens is 2. The van der Waals surface area contributed by atoms with Crippen LogP contribution >= 0.6 is 0 Å². The van der Waals surface area contributed by atoms with Crippen molar-refractivity contribution in [1.29, 1.82) is 0 Å². The molecule has 0 saturated carbocycles. The zero-order chi connectivity index (χ0) is 19.9. The van der Waals surface area contributed by atoms with Crippen LogP contribution in [0, 0.1) is 13.8 Å². The molecule has 1 aromatic rings. The highest BCUT2D eigenvalue weighted by Gasteiger charge is 2.22. The summed E-state index contributed by atoms with van der Waals surface area (Å²) < 4.78 is 25.1. The summed E-state index contributed by atoms with van der Waals surface area (Å²) in [7, 11) is -1.99. The standard InChI is InChI=1S/C17H21BF2N2O4/c1-4-17(24)22(9-15(19)20)10-16(23)21-14(18(25)26)8-13-6-5-11(2)7-12(13)3/h4-8,15,25-26H,1,9-10H2,2-3H3,(H,21,23)/b14-8+. The van der Waals surface area contributed by atoms with Crippen LogP contribution in [-0.4, -0.2) is 53.4 Å². The van der Waals surface area contributed by atoms with Crippen LogP contribution in [0.4, 0.5) is 8.78 Å². The van der Waals surface area contributed by atoms with Crippen molar-refractivity contribution in [2.75, 3.05) is 13.1 Å². The predicted molar refractivity (Wildman–Crippen MR) is 95.0 cm³/mol. The number of nitrogens with zero attached hydrogens (tertiary/aromatic N) is 1. The highest BCUT2D eigenvalue weighted by atomic mass is 19.3. The Balaban J connectivity index is 2.95. The maximum absolute atomic E-state index is 12.5. The summed E-state index contributed by atoms with van der Waals surface area (Å²) in [5.41, 5.74) is 2.27. The first-order valence-electron chi connectivity index (χ1n) is 7.78. The zero-order valence-corrected chi connectivity index (χ0v) is 14.6. The third-order valence-corrected chi connectivity index (χ3v) is 3.48. The van der Waals surface area contributed by atoms with Crippen LogP contribution in [0.15, 0.2) is 36.5 Å². The third-order valence-electron chi connectivity index (χ3n) is 3.48. The minimum Gasteiger partial charge on any atom is -0.422 e. The van der Waals surface area contributed by atoms with Crippen LogP contribution in [-0.2, 0) is 9.59 Å². The summed E-state index contributed by atoms with van der Waals surface area (Å²) in [6.07, 6.45) is -0.632. The van der Waals surface area contributed by atoms with Crippen molar-refractivity contribution in [3.63, 3.8) is 0 Å². The second-order valence-electron chi connectivity index (χ2n) is 5.70. The molecule has 0 bridgehead atoms. The van der Waals surface area contributed by atoms with Crippen molar-refractivity contribution in [1.82, 2.24) is 10.2 Å². The van der Waals surface area contributed by atoms with Crippen LogP contribution in [0.3, 0.4) is 0 Å². The number of carbonyl (C=O) groups excluding carboxylic acids is 2. The maximum atomic E-state index is 12.5. The molecule has 0 aliphatic heterocycles. The monoisotopic (exact) mass is 366 g/mol.